The van der Waals surface area contributed by atoms with E-state index in [1.807, 2.05) is 56.0 Å². The minimum atomic E-state index is 0.181. The minimum absolute atomic E-state index is 0.181. The number of imidazole rings is 1. The zero-order valence-electron chi connectivity index (χ0n) is 15.0. The van der Waals surface area contributed by atoms with Gasteiger partial charge in [-0.3, -0.25) is 0 Å². The van der Waals surface area contributed by atoms with E-state index < -0.39 is 0 Å². The highest BCUT2D eigenvalue weighted by Crippen LogP contribution is 2.29. The first kappa shape index (κ1) is 16.9. The number of aryl methyl sites for hydroxylation is 1. The van der Waals surface area contributed by atoms with Crippen LogP contribution in [-0.2, 0) is 18.3 Å². The molecule has 7 heteroatoms. The Labute approximate surface area is 153 Å². The highest BCUT2D eigenvalue weighted by atomic mass is 16.5. The molecule has 1 fully saturated rings. The summed E-state index contributed by atoms with van der Waals surface area (Å²) in [4.78, 5) is 6.24. The lowest BCUT2D eigenvalue weighted by molar-refractivity contribution is 0.0517. The van der Waals surface area contributed by atoms with Crippen LogP contribution in [0.4, 0.5) is 0 Å². The second kappa shape index (κ2) is 7.80. The maximum absolute atomic E-state index is 5.53. The molecule has 0 radical (unpaired) electrons. The van der Waals surface area contributed by atoms with Gasteiger partial charge in [0.1, 0.15) is 5.82 Å². The summed E-state index contributed by atoms with van der Waals surface area (Å²) in [6.45, 7) is 2.29. The third kappa shape index (κ3) is 3.68. The molecule has 136 valence electrons. The van der Waals surface area contributed by atoms with Gasteiger partial charge in [0, 0.05) is 39.2 Å². The summed E-state index contributed by atoms with van der Waals surface area (Å²) in [6.07, 6.45) is 7.76. The molecule has 0 unspecified atom stereocenters. The molecule has 3 aromatic rings. The first-order chi connectivity index (χ1) is 12.8. The van der Waals surface area contributed by atoms with Crippen LogP contribution in [0.1, 0.15) is 30.4 Å². The van der Waals surface area contributed by atoms with E-state index in [2.05, 4.69) is 25.1 Å². The predicted molar refractivity (Wildman–Crippen MR) is 97.7 cm³/mol. The van der Waals surface area contributed by atoms with Crippen molar-refractivity contribution in [2.45, 2.75) is 25.4 Å². The van der Waals surface area contributed by atoms with Crippen molar-refractivity contribution in [3.63, 3.8) is 0 Å². The SMILES string of the molecule is Cn1ccnc1[C@H](NCc1cnn(-c2ccccc2)n1)C1CCOCC1. The number of hydrogen-bond acceptors (Lipinski definition) is 5. The van der Waals surface area contributed by atoms with Gasteiger partial charge in [-0.1, -0.05) is 18.2 Å². The highest BCUT2D eigenvalue weighted by Gasteiger charge is 2.28. The number of rotatable bonds is 6. The zero-order chi connectivity index (χ0) is 17.8. The Morgan fingerprint density at radius 3 is 2.77 bits per heavy atom. The predicted octanol–water partition coefficient (Wildman–Crippen LogP) is 2.26. The lowest BCUT2D eigenvalue weighted by atomic mass is 9.91. The van der Waals surface area contributed by atoms with Crippen LogP contribution in [0.5, 0.6) is 0 Å². The second-order valence-corrected chi connectivity index (χ2v) is 6.67. The molecule has 7 nitrogen and oxygen atoms in total. The molecule has 0 spiro atoms. The molecule has 1 N–H and O–H groups in total. The summed E-state index contributed by atoms with van der Waals surface area (Å²) >= 11 is 0. The molecule has 3 heterocycles. The van der Waals surface area contributed by atoms with Crippen molar-refractivity contribution in [3.05, 3.63) is 60.4 Å². The van der Waals surface area contributed by atoms with Gasteiger partial charge in [0.05, 0.1) is 23.6 Å². The fraction of sp³-hybridized carbons (Fsp3) is 0.421. The molecule has 0 aliphatic carbocycles. The van der Waals surface area contributed by atoms with Crippen molar-refractivity contribution in [1.82, 2.24) is 29.9 Å². The largest absolute Gasteiger partial charge is 0.381 e. The van der Waals surface area contributed by atoms with E-state index in [4.69, 9.17) is 4.74 Å². The van der Waals surface area contributed by atoms with Crippen LogP contribution in [0.15, 0.2) is 48.9 Å². The number of ether oxygens (including phenoxy) is 1. The third-order valence-corrected chi connectivity index (χ3v) is 4.90. The quantitative estimate of drug-likeness (QED) is 0.737. The Morgan fingerprint density at radius 2 is 2.04 bits per heavy atom. The number of hydrogen-bond donors (Lipinski definition) is 1. The lowest BCUT2D eigenvalue weighted by Gasteiger charge is -2.30. The Morgan fingerprint density at radius 1 is 1.23 bits per heavy atom. The van der Waals surface area contributed by atoms with Gasteiger partial charge in [-0.15, -0.1) is 0 Å². The van der Waals surface area contributed by atoms with E-state index in [1.54, 1.807) is 4.80 Å². The molecule has 1 aliphatic rings. The van der Waals surface area contributed by atoms with Crippen LogP contribution in [0.3, 0.4) is 0 Å². The maximum atomic E-state index is 5.53. The topological polar surface area (TPSA) is 69.8 Å². The normalized spacial score (nSPS) is 16.7. The molecule has 2 aromatic heterocycles. The smallest absolute Gasteiger partial charge is 0.125 e. The molecule has 0 bridgehead atoms. The monoisotopic (exact) mass is 352 g/mol. The van der Waals surface area contributed by atoms with E-state index in [0.29, 0.717) is 12.5 Å². The molecule has 1 atom stereocenters. The molecular formula is C19H24N6O. The van der Waals surface area contributed by atoms with E-state index in [1.165, 1.54) is 0 Å². The fourth-order valence-electron chi connectivity index (χ4n) is 3.47. The van der Waals surface area contributed by atoms with Crippen molar-refractivity contribution < 1.29 is 4.74 Å². The van der Waals surface area contributed by atoms with E-state index in [0.717, 1.165) is 43.3 Å². The summed E-state index contributed by atoms with van der Waals surface area (Å²) < 4.78 is 7.62. The van der Waals surface area contributed by atoms with Gasteiger partial charge in [0.2, 0.25) is 0 Å². The molecule has 1 aromatic carbocycles. The van der Waals surface area contributed by atoms with Crippen LogP contribution in [-0.4, -0.2) is 37.8 Å². The maximum Gasteiger partial charge on any atom is 0.125 e. The Hall–Kier alpha value is -2.51. The summed E-state index contributed by atoms with van der Waals surface area (Å²) in [5, 5.41) is 12.6. The molecule has 26 heavy (non-hydrogen) atoms. The highest BCUT2D eigenvalue weighted by molar-refractivity contribution is 5.28. The summed E-state index contributed by atoms with van der Waals surface area (Å²) in [5.41, 5.74) is 1.88. The average molecular weight is 352 g/mol. The Kier molecular flexibility index (Phi) is 5.08. The van der Waals surface area contributed by atoms with Crippen molar-refractivity contribution in [2.24, 2.45) is 13.0 Å². The first-order valence-electron chi connectivity index (χ1n) is 9.06. The first-order valence-corrected chi connectivity index (χ1v) is 9.06. The van der Waals surface area contributed by atoms with Gasteiger partial charge in [0.25, 0.3) is 0 Å². The average Bonchev–Trinajstić information content (AvgIpc) is 3.33. The van der Waals surface area contributed by atoms with E-state index >= 15 is 0 Å². The van der Waals surface area contributed by atoms with Crippen LogP contribution < -0.4 is 5.32 Å². The van der Waals surface area contributed by atoms with Crippen LogP contribution in [0, 0.1) is 5.92 Å². The van der Waals surface area contributed by atoms with E-state index in [-0.39, 0.29) is 6.04 Å². The molecule has 0 saturated carbocycles. The fourth-order valence-corrected chi connectivity index (χ4v) is 3.47. The lowest BCUT2D eigenvalue weighted by Crippen LogP contribution is -2.33. The van der Waals surface area contributed by atoms with Gasteiger partial charge in [-0.25, -0.2) is 4.98 Å². The van der Waals surface area contributed by atoms with Crippen LogP contribution in [0.2, 0.25) is 0 Å². The van der Waals surface area contributed by atoms with Crippen molar-refractivity contribution in [2.75, 3.05) is 13.2 Å². The number of nitrogens with one attached hydrogen (secondary N) is 1. The summed E-state index contributed by atoms with van der Waals surface area (Å²) in [6, 6.07) is 10.1. The standard InChI is InChI=1S/C19H24N6O/c1-24-10-9-20-19(24)18(15-7-11-26-12-8-15)21-13-16-14-22-25(23-16)17-5-3-2-4-6-17/h2-6,9-10,14-15,18,21H,7-8,11-13H2,1H3/t18-/m1/s1. The van der Waals surface area contributed by atoms with Gasteiger partial charge in [-0.2, -0.15) is 15.0 Å². The third-order valence-electron chi connectivity index (χ3n) is 4.90. The number of aromatic nitrogens is 5. The number of para-hydroxylation sites is 1. The van der Waals surface area contributed by atoms with Crippen molar-refractivity contribution >= 4 is 0 Å². The van der Waals surface area contributed by atoms with Gasteiger partial charge >= 0.3 is 0 Å². The Balaban J connectivity index is 1.48. The second-order valence-electron chi connectivity index (χ2n) is 6.67. The van der Waals surface area contributed by atoms with Crippen LogP contribution in [0.25, 0.3) is 5.69 Å². The van der Waals surface area contributed by atoms with Crippen LogP contribution >= 0.6 is 0 Å². The van der Waals surface area contributed by atoms with Gasteiger partial charge in [0.15, 0.2) is 0 Å². The molecule has 0 amide bonds. The molecule has 4 rings (SSSR count). The molecule has 1 saturated heterocycles. The van der Waals surface area contributed by atoms with E-state index in [9.17, 15) is 0 Å². The number of nitrogens with zero attached hydrogens (tertiary/aromatic N) is 5. The van der Waals surface area contributed by atoms with Crippen molar-refractivity contribution in [1.29, 1.82) is 0 Å². The minimum Gasteiger partial charge on any atom is -0.381 e. The number of benzene rings is 1. The van der Waals surface area contributed by atoms with Crippen molar-refractivity contribution in [3.8, 4) is 5.69 Å². The van der Waals surface area contributed by atoms with Gasteiger partial charge < -0.3 is 14.6 Å². The summed E-state index contributed by atoms with van der Waals surface area (Å²) in [5.74, 6) is 1.57. The summed E-state index contributed by atoms with van der Waals surface area (Å²) in [7, 11) is 2.04. The zero-order valence-corrected chi connectivity index (χ0v) is 15.0. The van der Waals surface area contributed by atoms with Gasteiger partial charge in [-0.05, 0) is 30.9 Å². The molecular weight excluding hydrogens is 328 g/mol. The molecule has 1 aliphatic heterocycles. The Bertz CT molecular complexity index is 821.